The number of carbonyl (C=O) groups is 1. The van der Waals surface area contributed by atoms with E-state index < -0.39 is 17.5 Å². The Hall–Kier alpha value is -2.59. The summed E-state index contributed by atoms with van der Waals surface area (Å²) in [5.41, 5.74) is 1.06. The topological polar surface area (TPSA) is 58.6 Å². The molecule has 0 aliphatic carbocycles. The van der Waals surface area contributed by atoms with Crippen molar-refractivity contribution in [2.75, 3.05) is 18.5 Å². The molecule has 0 bridgehead atoms. The molecule has 0 spiro atoms. The summed E-state index contributed by atoms with van der Waals surface area (Å²) in [5, 5.41) is 14.5. The van der Waals surface area contributed by atoms with E-state index in [-0.39, 0.29) is 6.61 Å². The monoisotopic (exact) mass is 323 g/mol. The summed E-state index contributed by atoms with van der Waals surface area (Å²) in [4.78, 5) is 12.5. The van der Waals surface area contributed by atoms with Crippen LogP contribution in [0.5, 0.6) is 0 Å². The largest absolute Gasteiger partial charge is 0.464 e. The zero-order valence-electron chi connectivity index (χ0n) is 13.6. The number of anilines is 1. The number of hydrogen-bond donors (Lipinski definition) is 2. The van der Waals surface area contributed by atoms with Gasteiger partial charge in [0, 0.05) is 18.2 Å². The van der Waals surface area contributed by atoms with Crippen LogP contribution >= 0.6 is 0 Å². The number of fused-ring (bicyclic) bond motifs is 1. The molecule has 0 saturated heterocycles. The number of para-hydroxylation sites is 1. The lowest BCUT2D eigenvalue weighted by atomic mass is 9.82. The van der Waals surface area contributed by atoms with Gasteiger partial charge in [0.15, 0.2) is 5.60 Å². The van der Waals surface area contributed by atoms with Gasteiger partial charge in [-0.2, -0.15) is 0 Å². The van der Waals surface area contributed by atoms with Gasteiger partial charge < -0.3 is 15.2 Å². The molecule has 4 heteroatoms. The molecule has 0 radical (unpaired) electrons. The van der Waals surface area contributed by atoms with Crippen LogP contribution in [0.2, 0.25) is 0 Å². The maximum absolute atomic E-state index is 12.5. The fraction of sp³-hybridized carbons (Fsp3) is 0.250. The number of aliphatic hydroxyl groups is 1. The molecular weight excluding hydrogens is 302 g/mol. The molecule has 2 atom stereocenters. The fourth-order valence-electron chi connectivity index (χ4n) is 3.04. The van der Waals surface area contributed by atoms with Crippen LogP contribution in [0.15, 0.2) is 60.7 Å². The molecule has 4 nitrogen and oxygen atoms in total. The molecule has 1 heterocycles. The van der Waals surface area contributed by atoms with Crippen LogP contribution in [0.3, 0.4) is 0 Å². The summed E-state index contributed by atoms with van der Waals surface area (Å²) in [6, 6.07) is 17.3. The van der Waals surface area contributed by atoms with E-state index in [9.17, 15) is 9.90 Å². The maximum atomic E-state index is 12.5. The maximum Gasteiger partial charge on any atom is 0.342 e. The Balaban J connectivity index is 1.97. The molecule has 3 rings (SSSR count). The van der Waals surface area contributed by atoms with Gasteiger partial charge >= 0.3 is 5.97 Å². The number of esters is 1. The lowest BCUT2D eigenvalue weighted by Gasteiger charge is -2.28. The lowest BCUT2D eigenvalue weighted by Crippen LogP contribution is -2.45. The summed E-state index contributed by atoms with van der Waals surface area (Å²) in [5.74, 6) is -1.02. The minimum atomic E-state index is -1.72. The van der Waals surface area contributed by atoms with E-state index >= 15 is 0 Å². The van der Waals surface area contributed by atoms with Gasteiger partial charge in [-0.1, -0.05) is 54.6 Å². The van der Waals surface area contributed by atoms with Gasteiger partial charge in [-0.05, 0) is 30.2 Å². The number of rotatable bonds is 5. The number of ether oxygens (including phenoxy) is 1. The van der Waals surface area contributed by atoms with Gasteiger partial charge in [0.05, 0.1) is 6.61 Å². The first-order valence-electron chi connectivity index (χ1n) is 8.12. The summed E-state index contributed by atoms with van der Waals surface area (Å²) >= 11 is 0. The van der Waals surface area contributed by atoms with E-state index in [4.69, 9.17) is 4.74 Å². The second kappa shape index (κ2) is 6.89. The summed E-state index contributed by atoms with van der Waals surface area (Å²) in [6.45, 7) is 2.44. The molecule has 124 valence electrons. The molecule has 0 amide bonds. The van der Waals surface area contributed by atoms with Crippen LogP contribution in [0.25, 0.3) is 6.08 Å². The average molecular weight is 323 g/mol. The van der Waals surface area contributed by atoms with Crippen LogP contribution in [0.1, 0.15) is 24.0 Å². The minimum Gasteiger partial charge on any atom is -0.464 e. The Labute approximate surface area is 141 Å². The SMILES string of the molecule is CCOC(=O)C(O)(/C=C/c1ccccc1)C1CNc2ccccc21. The van der Waals surface area contributed by atoms with E-state index in [2.05, 4.69) is 5.32 Å². The smallest absolute Gasteiger partial charge is 0.342 e. The summed E-state index contributed by atoms with van der Waals surface area (Å²) < 4.78 is 5.15. The second-order valence-electron chi connectivity index (χ2n) is 5.81. The first-order chi connectivity index (χ1) is 11.6. The normalized spacial score (nSPS) is 18.7. The molecule has 0 saturated carbocycles. The predicted octanol–water partition coefficient (Wildman–Crippen LogP) is 3.20. The number of hydrogen-bond acceptors (Lipinski definition) is 4. The van der Waals surface area contributed by atoms with Crippen molar-refractivity contribution < 1.29 is 14.6 Å². The van der Waals surface area contributed by atoms with E-state index in [1.54, 1.807) is 19.1 Å². The van der Waals surface area contributed by atoms with Gasteiger partial charge in [-0.3, -0.25) is 0 Å². The van der Waals surface area contributed by atoms with Crippen molar-refractivity contribution in [2.24, 2.45) is 0 Å². The highest BCUT2D eigenvalue weighted by molar-refractivity contribution is 5.86. The van der Waals surface area contributed by atoms with Crippen molar-refractivity contribution in [3.8, 4) is 0 Å². The number of carbonyl (C=O) groups excluding carboxylic acids is 1. The van der Waals surface area contributed by atoms with Gasteiger partial charge in [-0.15, -0.1) is 0 Å². The Kier molecular flexibility index (Phi) is 4.67. The van der Waals surface area contributed by atoms with Gasteiger partial charge in [0.1, 0.15) is 0 Å². The quantitative estimate of drug-likeness (QED) is 0.830. The first-order valence-corrected chi connectivity index (χ1v) is 8.12. The van der Waals surface area contributed by atoms with Gasteiger partial charge in [0.2, 0.25) is 0 Å². The molecular formula is C20H21NO3. The highest BCUT2D eigenvalue weighted by Gasteiger charge is 2.46. The highest BCUT2D eigenvalue weighted by atomic mass is 16.5. The zero-order valence-corrected chi connectivity index (χ0v) is 13.6. The summed E-state index contributed by atoms with van der Waals surface area (Å²) in [6.07, 6.45) is 3.31. The van der Waals surface area contributed by atoms with Crippen LogP contribution in [0, 0.1) is 0 Å². The molecule has 2 aromatic rings. The van der Waals surface area contributed by atoms with Crippen LogP contribution < -0.4 is 5.32 Å². The number of benzene rings is 2. The van der Waals surface area contributed by atoms with Crippen molar-refractivity contribution in [1.29, 1.82) is 0 Å². The van der Waals surface area contributed by atoms with E-state index in [1.165, 1.54) is 0 Å². The zero-order chi connectivity index (χ0) is 17.0. The average Bonchev–Trinajstić information content (AvgIpc) is 3.05. The van der Waals surface area contributed by atoms with E-state index in [1.807, 2.05) is 54.6 Å². The Morgan fingerprint density at radius 1 is 1.25 bits per heavy atom. The third kappa shape index (κ3) is 3.05. The predicted molar refractivity (Wildman–Crippen MR) is 94.7 cm³/mol. The Morgan fingerprint density at radius 3 is 2.71 bits per heavy atom. The minimum absolute atomic E-state index is 0.224. The van der Waals surface area contributed by atoms with Crippen LogP contribution in [-0.2, 0) is 9.53 Å². The van der Waals surface area contributed by atoms with E-state index in [0.29, 0.717) is 6.54 Å². The van der Waals surface area contributed by atoms with Gasteiger partial charge in [-0.25, -0.2) is 4.79 Å². The third-order valence-corrected chi connectivity index (χ3v) is 4.30. The standard InChI is InChI=1S/C20H21NO3/c1-2-24-19(22)20(23,13-12-15-8-4-3-5-9-15)17-14-21-18-11-7-6-10-16(17)18/h3-13,17,21,23H,2,14H2,1H3/b13-12+. The van der Waals surface area contributed by atoms with Gasteiger partial charge in [0.25, 0.3) is 0 Å². The van der Waals surface area contributed by atoms with E-state index in [0.717, 1.165) is 16.8 Å². The first kappa shape index (κ1) is 16.3. The van der Waals surface area contributed by atoms with Crippen molar-refractivity contribution in [3.05, 3.63) is 71.8 Å². The Morgan fingerprint density at radius 2 is 1.96 bits per heavy atom. The Bertz CT molecular complexity index is 742. The highest BCUT2D eigenvalue weighted by Crippen LogP contribution is 2.40. The second-order valence-corrected chi connectivity index (χ2v) is 5.81. The molecule has 0 fully saturated rings. The molecule has 1 aliphatic heterocycles. The molecule has 24 heavy (non-hydrogen) atoms. The third-order valence-electron chi connectivity index (χ3n) is 4.30. The van der Waals surface area contributed by atoms with Crippen LogP contribution in [0.4, 0.5) is 5.69 Å². The molecule has 2 N–H and O–H groups in total. The molecule has 2 aromatic carbocycles. The fourth-order valence-corrected chi connectivity index (χ4v) is 3.04. The lowest BCUT2D eigenvalue weighted by molar-refractivity contribution is -0.161. The van der Waals surface area contributed by atoms with Crippen molar-refractivity contribution in [3.63, 3.8) is 0 Å². The summed E-state index contributed by atoms with van der Waals surface area (Å²) in [7, 11) is 0. The molecule has 1 aliphatic rings. The van der Waals surface area contributed by atoms with Crippen molar-refractivity contribution in [1.82, 2.24) is 0 Å². The molecule has 0 aromatic heterocycles. The van der Waals surface area contributed by atoms with Crippen LogP contribution in [-0.4, -0.2) is 29.8 Å². The number of nitrogens with one attached hydrogen (secondary N) is 1. The van der Waals surface area contributed by atoms with Crippen molar-refractivity contribution >= 4 is 17.7 Å². The molecule has 2 unspecified atom stereocenters. The van der Waals surface area contributed by atoms with Crippen molar-refractivity contribution in [2.45, 2.75) is 18.4 Å².